The van der Waals surface area contributed by atoms with Gasteiger partial charge in [0.15, 0.2) is 0 Å². The molecule has 90 valence electrons. The quantitative estimate of drug-likeness (QED) is 0.788. The van der Waals surface area contributed by atoms with Crippen LogP contribution in [-0.4, -0.2) is 5.11 Å². The molecule has 0 amide bonds. The van der Waals surface area contributed by atoms with Gasteiger partial charge in [0.2, 0.25) is 0 Å². The van der Waals surface area contributed by atoms with E-state index >= 15 is 0 Å². The number of anilines is 1. The fraction of sp³-hybridized carbons (Fsp3) is 0.455. The summed E-state index contributed by atoms with van der Waals surface area (Å²) in [5.74, 6) is 0. The summed E-state index contributed by atoms with van der Waals surface area (Å²) in [6, 6.07) is 3.03. The maximum Gasteiger partial charge on any atom is 0.416 e. The van der Waals surface area contributed by atoms with E-state index in [-0.39, 0.29) is 5.69 Å². The third-order valence-electron chi connectivity index (χ3n) is 2.34. The number of alkyl halides is 3. The highest BCUT2D eigenvalue weighted by molar-refractivity contribution is 5.50. The van der Waals surface area contributed by atoms with Crippen LogP contribution in [-0.2, 0) is 6.18 Å². The molecular formula is C11H14F3NO. The molecule has 0 aliphatic carbocycles. The molecule has 0 heterocycles. The number of aliphatic hydroxyl groups is 1. The van der Waals surface area contributed by atoms with Gasteiger partial charge in [0.05, 0.1) is 11.7 Å². The number of halogens is 3. The Bertz CT molecular complexity index is 363. The van der Waals surface area contributed by atoms with Gasteiger partial charge < -0.3 is 10.8 Å². The summed E-state index contributed by atoms with van der Waals surface area (Å²) in [4.78, 5) is 0. The second-order valence-corrected chi connectivity index (χ2v) is 3.65. The van der Waals surface area contributed by atoms with Crippen molar-refractivity contribution < 1.29 is 18.3 Å². The molecule has 5 heteroatoms. The third-order valence-corrected chi connectivity index (χ3v) is 2.34. The van der Waals surface area contributed by atoms with Crippen LogP contribution in [0.15, 0.2) is 18.2 Å². The summed E-state index contributed by atoms with van der Waals surface area (Å²) in [5, 5.41) is 9.63. The Kier molecular flexibility index (Phi) is 3.80. The lowest BCUT2D eigenvalue weighted by Gasteiger charge is -2.14. The standard InChI is InChI=1S/C11H14F3NO/c1-2-3-10(16)8-5-4-7(6-9(8)15)11(12,13)14/h4-6,10,16H,2-3,15H2,1H3. The lowest BCUT2D eigenvalue weighted by atomic mass is 10.0. The first-order valence-electron chi connectivity index (χ1n) is 5.01. The number of rotatable bonds is 3. The fourth-order valence-corrected chi connectivity index (χ4v) is 1.48. The molecule has 1 aromatic rings. The normalized spacial score (nSPS) is 13.8. The van der Waals surface area contributed by atoms with E-state index in [1.807, 2.05) is 6.92 Å². The summed E-state index contributed by atoms with van der Waals surface area (Å²) < 4.78 is 37.0. The van der Waals surface area contributed by atoms with Crippen molar-refractivity contribution in [3.8, 4) is 0 Å². The Morgan fingerprint density at radius 2 is 2.00 bits per heavy atom. The van der Waals surface area contributed by atoms with Crippen molar-refractivity contribution in [2.24, 2.45) is 0 Å². The van der Waals surface area contributed by atoms with E-state index in [1.165, 1.54) is 6.07 Å². The van der Waals surface area contributed by atoms with Crippen LogP contribution in [0.3, 0.4) is 0 Å². The van der Waals surface area contributed by atoms with E-state index in [1.54, 1.807) is 0 Å². The van der Waals surface area contributed by atoms with Gasteiger partial charge in [-0.1, -0.05) is 19.4 Å². The second kappa shape index (κ2) is 4.74. The highest BCUT2D eigenvalue weighted by Gasteiger charge is 2.31. The van der Waals surface area contributed by atoms with Crippen LogP contribution in [0, 0.1) is 0 Å². The zero-order valence-corrected chi connectivity index (χ0v) is 8.88. The molecule has 0 aromatic heterocycles. The molecule has 2 nitrogen and oxygen atoms in total. The molecule has 1 aromatic carbocycles. The average molecular weight is 233 g/mol. The van der Waals surface area contributed by atoms with Gasteiger partial charge in [-0.2, -0.15) is 13.2 Å². The van der Waals surface area contributed by atoms with Gasteiger partial charge >= 0.3 is 6.18 Å². The Labute approximate surface area is 91.9 Å². The highest BCUT2D eigenvalue weighted by Crippen LogP contribution is 2.33. The molecule has 0 fully saturated rings. The first kappa shape index (κ1) is 12.8. The first-order valence-corrected chi connectivity index (χ1v) is 5.01. The van der Waals surface area contributed by atoms with Gasteiger partial charge in [-0.05, 0) is 18.6 Å². The maximum absolute atomic E-state index is 12.3. The van der Waals surface area contributed by atoms with Crippen molar-refractivity contribution in [2.75, 3.05) is 5.73 Å². The summed E-state index contributed by atoms with van der Waals surface area (Å²) in [6.45, 7) is 1.88. The summed E-state index contributed by atoms with van der Waals surface area (Å²) in [5.41, 5.74) is 5.03. The summed E-state index contributed by atoms with van der Waals surface area (Å²) >= 11 is 0. The minimum absolute atomic E-state index is 0.0178. The molecule has 1 atom stereocenters. The molecule has 16 heavy (non-hydrogen) atoms. The predicted octanol–water partition coefficient (Wildman–Crippen LogP) is 3.12. The van der Waals surface area contributed by atoms with Crippen LogP contribution in [0.5, 0.6) is 0 Å². The van der Waals surface area contributed by atoms with Crippen molar-refractivity contribution in [2.45, 2.75) is 32.0 Å². The Morgan fingerprint density at radius 1 is 1.38 bits per heavy atom. The topological polar surface area (TPSA) is 46.2 Å². The molecule has 1 unspecified atom stereocenters. The molecule has 0 bridgehead atoms. The van der Waals surface area contributed by atoms with E-state index < -0.39 is 17.8 Å². The summed E-state index contributed by atoms with van der Waals surface area (Å²) in [6.07, 6.45) is -3.98. The lowest BCUT2D eigenvalue weighted by Crippen LogP contribution is -2.08. The Morgan fingerprint density at radius 3 is 2.44 bits per heavy atom. The lowest BCUT2D eigenvalue weighted by molar-refractivity contribution is -0.137. The molecular weight excluding hydrogens is 219 g/mol. The van der Waals surface area contributed by atoms with Crippen LogP contribution in [0.25, 0.3) is 0 Å². The molecule has 0 saturated carbocycles. The average Bonchev–Trinajstić information content (AvgIpc) is 2.16. The fourth-order valence-electron chi connectivity index (χ4n) is 1.48. The van der Waals surface area contributed by atoms with Gasteiger partial charge in [0.1, 0.15) is 0 Å². The number of benzene rings is 1. The molecule has 0 spiro atoms. The minimum atomic E-state index is -4.40. The van der Waals surface area contributed by atoms with Crippen molar-refractivity contribution in [1.82, 2.24) is 0 Å². The van der Waals surface area contributed by atoms with E-state index in [9.17, 15) is 18.3 Å². The number of hydrogen-bond donors (Lipinski definition) is 2. The molecule has 3 N–H and O–H groups in total. The predicted molar refractivity (Wildman–Crippen MR) is 55.7 cm³/mol. The van der Waals surface area contributed by atoms with Crippen LogP contribution >= 0.6 is 0 Å². The molecule has 0 radical (unpaired) electrons. The van der Waals surface area contributed by atoms with Gasteiger partial charge in [-0.3, -0.25) is 0 Å². The number of hydrogen-bond acceptors (Lipinski definition) is 2. The van der Waals surface area contributed by atoms with Gasteiger partial charge in [0, 0.05) is 11.3 Å². The SMILES string of the molecule is CCCC(O)c1ccc(C(F)(F)F)cc1N. The first-order chi connectivity index (χ1) is 7.36. The largest absolute Gasteiger partial charge is 0.416 e. The molecule has 0 saturated heterocycles. The molecule has 1 rings (SSSR count). The summed E-state index contributed by atoms with van der Waals surface area (Å²) in [7, 11) is 0. The molecule has 0 aliphatic heterocycles. The van der Waals surface area contributed by atoms with E-state index in [0.717, 1.165) is 18.6 Å². The van der Waals surface area contributed by atoms with E-state index in [2.05, 4.69) is 0 Å². The van der Waals surface area contributed by atoms with Crippen LogP contribution in [0.4, 0.5) is 18.9 Å². The van der Waals surface area contributed by atoms with Crippen molar-refractivity contribution in [1.29, 1.82) is 0 Å². The zero-order chi connectivity index (χ0) is 12.3. The third kappa shape index (κ3) is 2.88. The van der Waals surface area contributed by atoms with Gasteiger partial charge in [-0.15, -0.1) is 0 Å². The zero-order valence-electron chi connectivity index (χ0n) is 8.88. The number of nitrogen functional groups attached to an aromatic ring is 1. The maximum atomic E-state index is 12.3. The van der Waals surface area contributed by atoms with E-state index in [4.69, 9.17) is 5.73 Å². The highest BCUT2D eigenvalue weighted by atomic mass is 19.4. The number of nitrogens with two attached hydrogens (primary N) is 1. The van der Waals surface area contributed by atoms with Crippen LogP contribution < -0.4 is 5.73 Å². The minimum Gasteiger partial charge on any atom is -0.398 e. The van der Waals surface area contributed by atoms with Crippen LogP contribution in [0.2, 0.25) is 0 Å². The van der Waals surface area contributed by atoms with Crippen molar-refractivity contribution in [3.63, 3.8) is 0 Å². The second-order valence-electron chi connectivity index (χ2n) is 3.65. The van der Waals surface area contributed by atoms with Gasteiger partial charge in [0.25, 0.3) is 0 Å². The smallest absolute Gasteiger partial charge is 0.398 e. The molecule has 0 aliphatic rings. The van der Waals surface area contributed by atoms with Crippen LogP contribution in [0.1, 0.15) is 37.0 Å². The van der Waals surface area contributed by atoms with E-state index in [0.29, 0.717) is 12.0 Å². The number of aliphatic hydroxyl groups excluding tert-OH is 1. The Hall–Kier alpha value is -1.23. The van der Waals surface area contributed by atoms with Crippen molar-refractivity contribution >= 4 is 5.69 Å². The Balaban J connectivity index is 3.00. The van der Waals surface area contributed by atoms with Gasteiger partial charge in [-0.25, -0.2) is 0 Å². The monoisotopic (exact) mass is 233 g/mol. The van der Waals surface area contributed by atoms with Crippen molar-refractivity contribution in [3.05, 3.63) is 29.3 Å².